The highest BCUT2D eigenvalue weighted by molar-refractivity contribution is 4.98. The molecule has 0 saturated heterocycles. The molecule has 0 unspecified atom stereocenters. The number of rotatable bonds is 4. The van der Waals surface area contributed by atoms with Gasteiger partial charge in [-0.2, -0.15) is 5.10 Å². The Bertz CT molecular complexity index is 208. The van der Waals surface area contributed by atoms with Crippen LogP contribution in [0.5, 0.6) is 0 Å². The molecule has 0 aromatic carbocycles. The molecule has 0 aliphatic rings. The van der Waals surface area contributed by atoms with Gasteiger partial charge >= 0.3 is 0 Å². The molecular formula is C8H14N2O. The van der Waals surface area contributed by atoms with Gasteiger partial charge in [0.1, 0.15) is 0 Å². The highest BCUT2D eigenvalue weighted by Crippen LogP contribution is 2.00. The number of aromatic nitrogens is 2. The van der Waals surface area contributed by atoms with E-state index < -0.39 is 0 Å². The Hall–Kier alpha value is -0.830. The average molecular weight is 154 g/mol. The first-order valence-electron chi connectivity index (χ1n) is 3.92. The Morgan fingerprint density at radius 1 is 1.55 bits per heavy atom. The minimum Gasteiger partial charge on any atom is -0.396 e. The maximum atomic E-state index is 8.52. The first-order valence-corrected chi connectivity index (χ1v) is 3.92. The van der Waals surface area contributed by atoms with Crippen LogP contribution in [0.4, 0.5) is 0 Å². The number of nitrogens with zero attached hydrogens (tertiary/aromatic N) is 2. The van der Waals surface area contributed by atoms with E-state index in [1.165, 1.54) is 0 Å². The fourth-order valence-corrected chi connectivity index (χ4v) is 1.01. The Kier molecular flexibility index (Phi) is 3.11. The third-order valence-electron chi connectivity index (χ3n) is 1.61. The normalized spacial score (nSPS) is 10.4. The van der Waals surface area contributed by atoms with Crippen molar-refractivity contribution in [3.8, 4) is 0 Å². The molecule has 1 aromatic rings. The fraction of sp³-hybridized carbons (Fsp3) is 0.625. The van der Waals surface area contributed by atoms with Crippen molar-refractivity contribution in [1.82, 2.24) is 9.78 Å². The first-order chi connectivity index (χ1) is 5.33. The molecule has 3 heteroatoms. The zero-order valence-electron chi connectivity index (χ0n) is 6.82. The molecule has 0 fully saturated rings. The number of hydrogen-bond acceptors (Lipinski definition) is 2. The second-order valence-corrected chi connectivity index (χ2v) is 2.66. The number of aryl methyl sites for hydroxylation is 2. The Balaban J connectivity index is 2.27. The quantitative estimate of drug-likeness (QED) is 0.649. The summed E-state index contributed by atoms with van der Waals surface area (Å²) in [6.07, 6.45) is 4.81. The van der Waals surface area contributed by atoms with E-state index in [9.17, 15) is 0 Å². The van der Waals surface area contributed by atoms with Gasteiger partial charge in [-0.25, -0.2) is 0 Å². The number of aliphatic hydroxyl groups excluding tert-OH is 1. The molecule has 3 nitrogen and oxygen atoms in total. The van der Waals surface area contributed by atoms with Gasteiger partial charge in [0.25, 0.3) is 0 Å². The van der Waals surface area contributed by atoms with Crippen LogP contribution in [0.1, 0.15) is 18.5 Å². The minimum absolute atomic E-state index is 0.285. The van der Waals surface area contributed by atoms with Gasteiger partial charge in [0, 0.05) is 19.9 Å². The molecule has 1 heterocycles. The summed E-state index contributed by atoms with van der Waals surface area (Å²) in [5, 5.41) is 12.7. The monoisotopic (exact) mass is 154 g/mol. The summed E-state index contributed by atoms with van der Waals surface area (Å²) < 4.78 is 1.80. The molecule has 11 heavy (non-hydrogen) atoms. The van der Waals surface area contributed by atoms with Crippen LogP contribution in [-0.4, -0.2) is 21.5 Å². The second-order valence-electron chi connectivity index (χ2n) is 2.66. The van der Waals surface area contributed by atoms with Crippen molar-refractivity contribution in [3.05, 3.63) is 18.0 Å². The standard InChI is InChI=1S/C8H14N2O/c1-10-6-5-8(9-10)4-2-3-7-11/h5-6,11H,2-4,7H2,1H3. The molecule has 1 rings (SSSR count). The molecule has 0 amide bonds. The van der Waals surface area contributed by atoms with Crippen molar-refractivity contribution in [3.63, 3.8) is 0 Å². The summed E-state index contributed by atoms with van der Waals surface area (Å²) in [7, 11) is 1.91. The van der Waals surface area contributed by atoms with Gasteiger partial charge in [0.2, 0.25) is 0 Å². The van der Waals surface area contributed by atoms with Crippen molar-refractivity contribution in [2.24, 2.45) is 7.05 Å². The number of unbranched alkanes of at least 4 members (excludes halogenated alkanes) is 1. The highest BCUT2D eigenvalue weighted by atomic mass is 16.2. The van der Waals surface area contributed by atoms with Gasteiger partial charge in [0.15, 0.2) is 0 Å². The largest absolute Gasteiger partial charge is 0.396 e. The number of aliphatic hydroxyl groups is 1. The maximum absolute atomic E-state index is 8.52. The molecule has 1 aromatic heterocycles. The Labute approximate surface area is 66.7 Å². The minimum atomic E-state index is 0.285. The van der Waals surface area contributed by atoms with Crippen LogP contribution >= 0.6 is 0 Å². The van der Waals surface area contributed by atoms with Gasteiger partial charge in [-0.05, 0) is 25.3 Å². The lowest BCUT2D eigenvalue weighted by Gasteiger charge is -1.93. The van der Waals surface area contributed by atoms with Crippen LogP contribution in [-0.2, 0) is 13.5 Å². The molecule has 0 atom stereocenters. The van der Waals surface area contributed by atoms with E-state index in [2.05, 4.69) is 5.10 Å². The Morgan fingerprint density at radius 2 is 2.36 bits per heavy atom. The van der Waals surface area contributed by atoms with E-state index in [1.54, 1.807) is 4.68 Å². The van der Waals surface area contributed by atoms with Crippen LogP contribution in [0.3, 0.4) is 0 Å². The highest BCUT2D eigenvalue weighted by Gasteiger charge is 1.94. The van der Waals surface area contributed by atoms with E-state index in [0.717, 1.165) is 25.0 Å². The third-order valence-corrected chi connectivity index (χ3v) is 1.61. The summed E-state index contributed by atoms with van der Waals surface area (Å²) in [6, 6.07) is 2.01. The smallest absolute Gasteiger partial charge is 0.0624 e. The summed E-state index contributed by atoms with van der Waals surface area (Å²) >= 11 is 0. The first kappa shape index (κ1) is 8.27. The molecule has 0 spiro atoms. The van der Waals surface area contributed by atoms with Gasteiger partial charge in [0.05, 0.1) is 5.69 Å². The van der Waals surface area contributed by atoms with Crippen LogP contribution in [0.2, 0.25) is 0 Å². The zero-order chi connectivity index (χ0) is 8.10. The van der Waals surface area contributed by atoms with E-state index in [1.807, 2.05) is 19.3 Å². The molecule has 0 radical (unpaired) electrons. The molecule has 0 aliphatic carbocycles. The second kappa shape index (κ2) is 4.13. The lowest BCUT2D eigenvalue weighted by atomic mass is 10.2. The topological polar surface area (TPSA) is 38.0 Å². The summed E-state index contributed by atoms with van der Waals surface area (Å²) in [5.41, 5.74) is 1.11. The van der Waals surface area contributed by atoms with Crippen molar-refractivity contribution in [1.29, 1.82) is 0 Å². The van der Waals surface area contributed by atoms with Crippen molar-refractivity contribution < 1.29 is 5.11 Å². The van der Waals surface area contributed by atoms with Gasteiger partial charge < -0.3 is 5.11 Å². The van der Waals surface area contributed by atoms with E-state index in [-0.39, 0.29) is 6.61 Å². The average Bonchev–Trinajstić information content (AvgIpc) is 2.37. The van der Waals surface area contributed by atoms with Crippen LogP contribution in [0, 0.1) is 0 Å². The maximum Gasteiger partial charge on any atom is 0.0624 e. The Morgan fingerprint density at radius 3 is 2.91 bits per heavy atom. The van der Waals surface area contributed by atoms with Crippen molar-refractivity contribution >= 4 is 0 Å². The van der Waals surface area contributed by atoms with Crippen molar-refractivity contribution in [2.45, 2.75) is 19.3 Å². The zero-order valence-corrected chi connectivity index (χ0v) is 6.82. The SMILES string of the molecule is Cn1ccc(CCCCO)n1. The van der Waals surface area contributed by atoms with Crippen LogP contribution in [0.25, 0.3) is 0 Å². The third kappa shape index (κ3) is 2.72. The van der Waals surface area contributed by atoms with Crippen LogP contribution < -0.4 is 0 Å². The molecule has 0 bridgehead atoms. The van der Waals surface area contributed by atoms with Crippen molar-refractivity contribution in [2.75, 3.05) is 6.61 Å². The van der Waals surface area contributed by atoms with E-state index in [4.69, 9.17) is 5.11 Å². The van der Waals surface area contributed by atoms with Gasteiger partial charge in [-0.3, -0.25) is 4.68 Å². The summed E-state index contributed by atoms with van der Waals surface area (Å²) in [6.45, 7) is 0.285. The molecular weight excluding hydrogens is 140 g/mol. The number of hydrogen-bond donors (Lipinski definition) is 1. The summed E-state index contributed by atoms with van der Waals surface area (Å²) in [5.74, 6) is 0. The molecule has 0 aliphatic heterocycles. The predicted octanol–water partition coefficient (Wildman–Crippen LogP) is 0.735. The van der Waals surface area contributed by atoms with Gasteiger partial charge in [-0.15, -0.1) is 0 Å². The van der Waals surface area contributed by atoms with E-state index >= 15 is 0 Å². The predicted molar refractivity (Wildman–Crippen MR) is 43.2 cm³/mol. The fourth-order valence-electron chi connectivity index (χ4n) is 1.01. The van der Waals surface area contributed by atoms with Gasteiger partial charge in [-0.1, -0.05) is 0 Å². The molecule has 1 N–H and O–H groups in total. The van der Waals surface area contributed by atoms with Crippen LogP contribution in [0.15, 0.2) is 12.3 Å². The lowest BCUT2D eigenvalue weighted by molar-refractivity contribution is 0.284. The lowest BCUT2D eigenvalue weighted by Crippen LogP contribution is -1.92. The molecule has 0 saturated carbocycles. The summed E-state index contributed by atoms with van der Waals surface area (Å²) in [4.78, 5) is 0. The molecule has 62 valence electrons. The van der Waals surface area contributed by atoms with E-state index in [0.29, 0.717) is 0 Å².